The molecule has 1 amide bonds. The van der Waals surface area contributed by atoms with Gasteiger partial charge in [0.25, 0.3) is 0 Å². The van der Waals surface area contributed by atoms with Crippen LogP contribution in [-0.2, 0) is 28.3 Å². The Morgan fingerprint density at radius 1 is 1.28 bits per heavy atom. The number of aromatic nitrogens is 3. The lowest BCUT2D eigenvalue weighted by Crippen LogP contribution is -2.37. The summed E-state index contributed by atoms with van der Waals surface area (Å²) in [5, 5.41) is 9.10. The topological polar surface area (TPSA) is 88.4 Å². The lowest BCUT2D eigenvalue weighted by atomic mass is 10.0. The molecule has 0 fully saturated rings. The highest BCUT2D eigenvalue weighted by molar-refractivity contribution is 7.99. The van der Waals surface area contributed by atoms with Crippen LogP contribution in [0.25, 0.3) is 0 Å². The van der Waals surface area contributed by atoms with Crippen LogP contribution in [0.1, 0.15) is 37.6 Å². The zero-order chi connectivity index (χ0) is 21.3. The van der Waals surface area contributed by atoms with E-state index in [2.05, 4.69) is 24.0 Å². The van der Waals surface area contributed by atoms with Crippen molar-refractivity contribution in [1.82, 2.24) is 19.1 Å². The molecule has 0 saturated heterocycles. The highest BCUT2D eigenvalue weighted by Gasteiger charge is 2.26. The molecule has 1 aliphatic rings. The van der Waals surface area contributed by atoms with Gasteiger partial charge < -0.3 is 9.47 Å². The number of rotatable bonds is 6. The van der Waals surface area contributed by atoms with Gasteiger partial charge in [0.15, 0.2) is 5.16 Å². The summed E-state index contributed by atoms with van der Waals surface area (Å²) in [6.45, 7) is 4.74. The average molecular weight is 438 g/mol. The van der Waals surface area contributed by atoms with Gasteiger partial charge in [-0.25, -0.2) is 12.7 Å². The molecular formula is C19H27N5O3S2. The zero-order valence-corrected chi connectivity index (χ0v) is 19.0. The minimum atomic E-state index is -3.50. The van der Waals surface area contributed by atoms with Crippen LogP contribution in [-0.4, -0.2) is 59.8 Å². The zero-order valence-electron chi connectivity index (χ0n) is 17.4. The maximum Gasteiger partial charge on any atom is 0.242 e. The fourth-order valence-corrected chi connectivity index (χ4v) is 5.11. The number of fused-ring (bicyclic) bond motifs is 1. The van der Waals surface area contributed by atoms with Crippen LogP contribution in [0.15, 0.2) is 28.3 Å². The summed E-state index contributed by atoms with van der Waals surface area (Å²) < 4.78 is 27.9. The molecule has 0 unspecified atom stereocenters. The molecule has 0 bridgehead atoms. The van der Waals surface area contributed by atoms with Gasteiger partial charge in [-0.15, -0.1) is 10.2 Å². The molecule has 29 heavy (non-hydrogen) atoms. The first-order chi connectivity index (χ1) is 13.6. The summed E-state index contributed by atoms with van der Waals surface area (Å²) in [5.74, 6) is 1.38. The molecule has 0 atom stereocenters. The number of hydrogen-bond donors (Lipinski definition) is 0. The van der Waals surface area contributed by atoms with Gasteiger partial charge in [0, 0.05) is 39.3 Å². The first kappa shape index (κ1) is 21.8. The van der Waals surface area contributed by atoms with E-state index in [9.17, 15) is 13.2 Å². The number of carbonyl (C=O) groups excluding carboxylic acids is 1. The van der Waals surface area contributed by atoms with Crippen molar-refractivity contribution in [2.75, 3.05) is 31.3 Å². The largest absolute Gasteiger partial charge is 0.311 e. The van der Waals surface area contributed by atoms with Crippen LogP contribution in [0.4, 0.5) is 5.69 Å². The Balaban J connectivity index is 1.77. The Morgan fingerprint density at radius 3 is 2.62 bits per heavy atom. The van der Waals surface area contributed by atoms with Crippen molar-refractivity contribution in [3.8, 4) is 0 Å². The predicted octanol–water partition coefficient (Wildman–Crippen LogP) is 2.26. The van der Waals surface area contributed by atoms with Gasteiger partial charge in [0.2, 0.25) is 15.9 Å². The highest BCUT2D eigenvalue weighted by atomic mass is 32.2. The van der Waals surface area contributed by atoms with E-state index in [1.54, 1.807) is 23.1 Å². The SMILES string of the molecule is CC(C)c1nnc(SCC(=O)N2CCCc3cc(S(=O)(=O)N(C)C)ccc32)n1C. The van der Waals surface area contributed by atoms with E-state index >= 15 is 0 Å². The summed E-state index contributed by atoms with van der Waals surface area (Å²) in [7, 11) is 1.44. The van der Waals surface area contributed by atoms with Crippen LogP contribution in [0, 0.1) is 0 Å². The molecule has 0 N–H and O–H groups in total. The van der Waals surface area contributed by atoms with Crippen molar-refractivity contribution in [3.05, 3.63) is 29.6 Å². The molecule has 0 spiro atoms. The third-order valence-corrected chi connectivity index (χ3v) is 7.78. The maximum absolute atomic E-state index is 12.9. The van der Waals surface area contributed by atoms with Crippen molar-refractivity contribution in [3.63, 3.8) is 0 Å². The molecule has 2 heterocycles. The molecule has 10 heteroatoms. The first-order valence-corrected chi connectivity index (χ1v) is 11.9. The maximum atomic E-state index is 12.9. The van der Waals surface area contributed by atoms with Gasteiger partial charge >= 0.3 is 0 Å². The Labute approximate surface area is 176 Å². The molecule has 3 rings (SSSR count). The number of carbonyl (C=O) groups is 1. The first-order valence-electron chi connectivity index (χ1n) is 9.50. The van der Waals surface area contributed by atoms with Crippen molar-refractivity contribution in [2.45, 2.75) is 42.7 Å². The summed E-state index contributed by atoms with van der Waals surface area (Å²) in [4.78, 5) is 14.9. The summed E-state index contributed by atoms with van der Waals surface area (Å²) >= 11 is 1.37. The Bertz CT molecular complexity index is 1010. The number of thioether (sulfide) groups is 1. The molecule has 1 aliphatic heterocycles. The normalized spacial score (nSPS) is 14.5. The highest BCUT2D eigenvalue weighted by Crippen LogP contribution is 2.31. The smallest absolute Gasteiger partial charge is 0.242 e. The molecule has 8 nitrogen and oxygen atoms in total. The molecule has 0 aliphatic carbocycles. The van der Waals surface area contributed by atoms with E-state index in [0.29, 0.717) is 11.7 Å². The number of benzene rings is 1. The number of sulfonamides is 1. The quantitative estimate of drug-likeness (QED) is 0.644. The summed E-state index contributed by atoms with van der Waals surface area (Å²) in [6.07, 6.45) is 1.56. The van der Waals surface area contributed by atoms with Crippen molar-refractivity contribution >= 4 is 33.4 Å². The van der Waals surface area contributed by atoms with E-state index in [4.69, 9.17) is 0 Å². The van der Waals surface area contributed by atoms with E-state index in [-0.39, 0.29) is 22.5 Å². The van der Waals surface area contributed by atoms with Crippen LogP contribution < -0.4 is 4.90 Å². The van der Waals surface area contributed by atoms with Crippen molar-refractivity contribution in [1.29, 1.82) is 0 Å². The van der Waals surface area contributed by atoms with E-state index in [0.717, 1.165) is 29.9 Å². The van der Waals surface area contributed by atoms with E-state index in [1.807, 2.05) is 11.6 Å². The molecule has 0 saturated carbocycles. The number of nitrogens with zero attached hydrogens (tertiary/aromatic N) is 5. The second-order valence-corrected chi connectivity index (χ2v) is 10.7. The number of amides is 1. The average Bonchev–Trinajstić information content (AvgIpc) is 3.05. The van der Waals surface area contributed by atoms with Gasteiger partial charge in [-0.1, -0.05) is 25.6 Å². The van der Waals surface area contributed by atoms with Crippen molar-refractivity contribution < 1.29 is 13.2 Å². The fourth-order valence-electron chi connectivity index (χ4n) is 3.36. The van der Waals surface area contributed by atoms with Crippen LogP contribution in [0.3, 0.4) is 0 Å². The molecule has 0 radical (unpaired) electrons. The van der Waals surface area contributed by atoms with Gasteiger partial charge in [-0.3, -0.25) is 4.79 Å². The van der Waals surface area contributed by atoms with Crippen LogP contribution in [0.2, 0.25) is 0 Å². The monoisotopic (exact) mass is 437 g/mol. The summed E-state index contributed by atoms with van der Waals surface area (Å²) in [5.41, 5.74) is 1.68. The van der Waals surface area contributed by atoms with E-state index < -0.39 is 10.0 Å². The Kier molecular flexibility index (Phi) is 6.35. The molecule has 158 valence electrons. The van der Waals surface area contributed by atoms with Crippen LogP contribution >= 0.6 is 11.8 Å². The minimum Gasteiger partial charge on any atom is -0.311 e. The van der Waals surface area contributed by atoms with Gasteiger partial charge in [-0.05, 0) is 36.6 Å². The van der Waals surface area contributed by atoms with Crippen LogP contribution in [0.5, 0.6) is 0 Å². The molecule has 1 aromatic heterocycles. The molecule has 2 aromatic rings. The second-order valence-electron chi connectivity index (χ2n) is 7.57. The van der Waals surface area contributed by atoms with Gasteiger partial charge in [0.1, 0.15) is 5.82 Å². The van der Waals surface area contributed by atoms with Gasteiger partial charge in [-0.2, -0.15) is 0 Å². The lowest BCUT2D eigenvalue weighted by Gasteiger charge is -2.30. The minimum absolute atomic E-state index is 0.0201. The number of hydrogen-bond acceptors (Lipinski definition) is 6. The summed E-state index contributed by atoms with van der Waals surface area (Å²) in [6, 6.07) is 5.01. The van der Waals surface area contributed by atoms with E-state index in [1.165, 1.54) is 30.2 Å². The third kappa shape index (κ3) is 4.34. The second kappa shape index (κ2) is 8.45. The predicted molar refractivity (Wildman–Crippen MR) is 114 cm³/mol. The van der Waals surface area contributed by atoms with Gasteiger partial charge in [0.05, 0.1) is 10.6 Å². The standard InChI is InChI=1S/C19H27N5O3S2/c1-13(2)18-20-21-19(23(18)5)28-12-17(25)24-10-6-7-14-11-15(8-9-16(14)24)29(26,27)22(3)4/h8-9,11,13H,6-7,10,12H2,1-5H3. The number of anilines is 1. The fraction of sp³-hybridized carbons (Fsp3) is 0.526. The Hall–Kier alpha value is -1.91. The third-order valence-electron chi connectivity index (χ3n) is 4.96. The number of aryl methyl sites for hydroxylation is 1. The van der Waals surface area contributed by atoms with Crippen molar-refractivity contribution in [2.24, 2.45) is 7.05 Å². The molecular weight excluding hydrogens is 410 g/mol. The lowest BCUT2D eigenvalue weighted by molar-refractivity contribution is -0.116. The molecule has 1 aromatic carbocycles. The Morgan fingerprint density at radius 2 is 2.00 bits per heavy atom.